The topological polar surface area (TPSA) is 62.8 Å². The zero-order valence-corrected chi connectivity index (χ0v) is 10.2. The molecule has 1 saturated heterocycles. The quantitative estimate of drug-likeness (QED) is 0.351. The van der Waals surface area contributed by atoms with E-state index in [-0.39, 0.29) is 6.04 Å². The van der Waals surface area contributed by atoms with Gasteiger partial charge in [-0.25, -0.2) is 8.42 Å². The van der Waals surface area contributed by atoms with E-state index in [0.29, 0.717) is 22.4 Å². The third-order valence-corrected chi connectivity index (χ3v) is 4.26. The van der Waals surface area contributed by atoms with Gasteiger partial charge in [0.2, 0.25) is 0 Å². The Balaban J connectivity index is 2.12. The maximum atomic E-state index is 11.1. The van der Waals surface area contributed by atoms with Crippen LogP contribution in [-0.4, -0.2) is 43.4 Å². The van der Waals surface area contributed by atoms with Crippen LogP contribution in [0.2, 0.25) is 0 Å². The number of thiocarbonyl (C=S) groups is 1. The molecule has 4 nitrogen and oxygen atoms in total. The van der Waals surface area contributed by atoms with Gasteiger partial charge in [-0.3, -0.25) is 0 Å². The predicted molar refractivity (Wildman–Crippen MR) is 61.8 cm³/mol. The molecule has 1 fully saturated rings. The summed E-state index contributed by atoms with van der Waals surface area (Å²) in [5.74, 6) is 0.645. The van der Waals surface area contributed by atoms with Gasteiger partial charge in [0.25, 0.3) is 0 Å². The molecule has 7 heteroatoms. The van der Waals surface area contributed by atoms with Crippen molar-refractivity contribution in [3.8, 4) is 0 Å². The highest BCUT2D eigenvalue weighted by molar-refractivity contribution is 8.00. The fourth-order valence-corrected chi connectivity index (χ4v) is 3.49. The number of hydrogen-bond donors (Lipinski definition) is 2. The van der Waals surface area contributed by atoms with E-state index in [1.807, 2.05) is 5.32 Å². The first kappa shape index (κ1) is 12.1. The smallest absolute Gasteiger partial charge is 0.156 e. The number of nitrogens with two attached hydrogens (primary N) is 1. The molecule has 0 bridgehead atoms. The second kappa shape index (κ2) is 5.20. The third-order valence-electron chi connectivity index (χ3n) is 2.18. The van der Waals surface area contributed by atoms with Gasteiger partial charge in [0, 0.05) is 6.42 Å². The van der Waals surface area contributed by atoms with Crippen molar-refractivity contribution < 1.29 is 13.7 Å². The molecule has 0 amide bonds. The van der Waals surface area contributed by atoms with Crippen molar-refractivity contribution in [2.45, 2.75) is 12.5 Å². The van der Waals surface area contributed by atoms with Crippen molar-refractivity contribution in [1.82, 2.24) is 5.32 Å². The predicted octanol–water partition coefficient (Wildman–Crippen LogP) is -1.84. The van der Waals surface area contributed by atoms with E-state index in [0.717, 1.165) is 13.0 Å². The van der Waals surface area contributed by atoms with E-state index in [1.54, 1.807) is 0 Å². The van der Waals surface area contributed by atoms with Crippen molar-refractivity contribution in [3.05, 3.63) is 0 Å². The molecule has 0 aromatic heterocycles. The van der Waals surface area contributed by atoms with E-state index in [1.165, 1.54) is 0 Å². The lowest BCUT2D eigenvalue weighted by Crippen LogP contribution is -2.91. The van der Waals surface area contributed by atoms with Crippen LogP contribution < -0.4 is 10.6 Å². The molecule has 1 aliphatic rings. The molecule has 82 valence electrons. The molecule has 0 radical (unpaired) electrons. The third kappa shape index (κ3) is 4.50. The molecule has 0 spiro atoms. The molecule has 1 rings (SSSR count). The van der Waals surface area contributed by atoms with Crippen molar-refractivity contribution in [1.29, 1.82) is 0 Å². The molecule has 1 atom stereocenters. The van der Waals surface area contributed by atoms with Gasteiger partial charge in [0.1, 0.15) is 11.8 Å². The summed E-state index contributed by atoms with van der Waals surface area (Å²) in [5.41, 5.74) is 0. The summed E-state index contributed by atoms with van der Waals surface area (Å²) in [6.45, 7) is 1.52. The van der Waals surface area contributed by atoms with Crippen molar-refractivity contribution in [2.24, 2.45) is 0 Å². The number of rotatable bonds is 4. The highest BCUT2D eigenvalue weighted by Crippen LogP contribution is 2.07. The van der Waals surface area contributed by atoms with Crippen LogP contribution >= 0.6 is 12.2 Å². The fourth-order valence-electron chi connectivity index (χ4n) is 1.50. The Labute approximate surface area is 95.2 Å². The van der Waals surface area contributed by atoms with Gasteiger partial charge < -0.3 is 35.5 Å². The molecule has 3 N–H and O–H groups in total. The van der Waals surface area contributed by atoms with Crippen molar-refractivity contribution in [2.75, 3.05) is 24.6 Å². The minimum atomic E-state index is -2.75. The Morgan fingerprint density at radius 1 is 1.64 bits per heavy atom. The Morgan fingerprint density at radius 2 is 2.36 bits per heavy atom. The normalized spacial score (nSPS) is 24.7. The molecule has 0 aromatic carbocycles. The van der Waals surface area contributed by atoms with Gasteiger partial charge in [-0.15, -0.1) is 0 Å². The molecular formula is C7H14N2O2S3. The first-order valence-electron chi connectivity index (χ1n) is 4.48. The van der Waals surface area contributed by atoms with E-state index in [4.69, 9.17) is 0 Å². The largest absolute Gasteiger partial charge is 0.412 e. The standard InChI is InChI=1S/C7H14N2O2S3/c10-14(11)4-1-6(5-14)8-2-3-9-7(12)13/h6,8H,1-5H2,(H2,9,12,13). The van der Waals surface area contributed by atoms with Crippen molar-refractivity contribution in [3.63, 3.8) is 0 Å². The van der Waals surface area contributed by atoms with Gasteiger partial charge in [0.05, 0.1) is 18.8 Å². The monoisotopic (exact) mass is 254 g/mol. The summed E-state index contributed by atoms with van der Waals surface area (Å²) in [6, 6.07) is 0.223. The highest BCUT2D eigenvalue weighted by Gasteiger charge is 2.29. The first-order valence-corrected chi connectivity index (χ1v) is 7.12. The maximum Gasteiger partial charge on any atom is 0.156 e. The maximum absolute atomic E-state index is 11.1. The van der Waals surface area contributed by atoms with Crippen LogP contribution in [0.5, 0.6) is 0 Å². The van der Waals surface area contributed by atoms with Crippen LogP contribution in [0.15, 0.2) is 0 Å². The minimum Gasteiger partial charge on any atom is -0.412 e. The summed E-state index contributed by atoms with van der Waals surface area (Å²) < 4.78 is 22.6. The second-order valence-corrected chi connectivity index (χ2v) is 6.71. The lowest BCUT2D eigenvalue weighted by Gasteiger charge is -2.10. The van der Waals surface area contributed by atoms with E-state index >= 15 is 0 Å². The summed E-state index contributed by atoms with van der Waals surface area (Å²) >= 11 is 9.35. The molecule has 1 unspecified atom stereocenters. The Kier molecular flexibility index (Phi) is 4.49. The van der Waals surface area contributed by atoms with E-state index in [2.05, 4.69) is 30.2 Å². The van der Waals surface area contributed by atoms with E-state index in [9.17, 15) is 8.42 Å². The van der Waals surface area contributed by atoms with Crippen LogP contribution in [0.4, 0.5) is 0 Å². The highest BCUT2D eigenvalue weighted by atomic mass is 32.2. The van der Waals surface area contributed by atoms with Crippen molar-refractivity contribution >= 4 is 39.0 Å². The average molecular weight is 254 g/mol. The van der Waals surface area contributed by atoms with Crippen LogP contribution in [0, 0.1) is 0 Å². The Bertz CT molecular complexity index is 302. The number of hydrogen-bond acceptors (Lipinski definition) is 4. The summed E-state index contributed by atoms with van der Waals surface area (Å²) in [6.07, 6.45) is 0.765. The lowest BCUT2D eigenvalue weighted by atomic mass is 10.3. The molecule has 1 heterocycles. The molecule has 0 aliphatic carbocycles. The Morgan fingerprint density at radius 3 is 2.86 bits per heavy atom. The number of quaternary nitrogens is 1. The molecule has 0 aromatic rings. The average Bonchev–Trinajstić information content (AvgIpc) is 2.39. The lowest BCUT2D eigenvalue weighted by molar-refractivity contribution is -0.682. The van der Waals surface area contributed by atoms with Crippen LogP contribution in [0.25, 0.3) is 0 Å². The Hall–Kier alpha value is 0.0200. The zero-order valence-electron chi connectivity index (χ0n) is 7.73. The summed E-state index contributed by atoms with van der Waals surface area (Å²) in [5, 5.41) is 4.90. The van der Waals surface area contributed by atoms with Crippen LogP contribution in [0.1, 0.15) is 6.42 Å². The molecule has 14 heavy (non-hydrogen) atoms. The SMILES string of the molecule is O=S1(=O)CCC([NH2+]CCNC(=S)[S-])C1. The minimum absolute atomic E-state index is 0.223. The second-order valence-electron chi connectivity index (χ2n) is 3.40. The van der Waals surface area contributed by atoms with Gasteiger partial charge in [0.15, 0.2) is 9.84 Å². The van der Waals surface area contributed by atoms with E-state index < -0.39 is 9.84 Å². The molecule has 0 saturated carbocycles. The van der Waals surface area contributed by atoms with Gasteiger partial charge >= 0.3 is 0 Å². The van der Waals surface area contributed by atoms with Gasteiger partial charge in [-0.1, -0.05) is 4.32 Å². The van der Waals surface area contributed by atoms with Crippen LogP contribution in [0.3, 0.4) is 0 Å². The molecule has 1 aliphatic heterocycles. The number of sulfone groups is 1. The first-order chi connectivity index (χ1) is 6.49. The van der Waals surface area contributed by atoms with Gasteiger partial charge in [-0.05, 0) is 0 Å². The summed E-state index contributed by atoms with van der Waals surface area (Å²) in [7, 11) is -2.75. The van der Waals surface area contributed by atoms with Gasteiger partial charge in [-0.2, -0.15) is 0 Å². The summed E-state index contributed by atoms with van der Waals surface area (Å²) in [4.78, 5) is 0. The van der Waals surface area contributed by atoms with Crippen LogP contribution in [-0.2, 0) is 22.5 Å². The zero-order chi connectivity index (χ0) is 10.6. The molecular weight excluding hydrogens is 240 g/mol. The number of nitrogens with one attached hydrogen (secondary N) is 1. The fraction of sp³-hybridized carbons (Fsp3) is 0.857.